The minimum atomic E-state index is -0.969. The summed E-state index contributed by atoms with van der Waals surface area (Å²) in [5.41, 5.74) is 2.42. The lowest BCUT2D eigenvalue weighted by Crippen LogP contribution is -2.14. The first-order valence-electron chi connectivity index (χ1n) is 6.35. The number of aliphatic hydroxyl groups is 1. The van der Waals surface area contributed by atoms with Crippen LogP contribution in [0, 0.1) is 17.6 Å². The highest BCUT2D eigenvalue weighted by Gasteiger charge is 2.30. The van der Waals surface area contributed by atoms with Gasteiger partial charge in [0.05, 0.1) is 6.10 Å². The summed E-state index contributed by atoms with van der Waals surface area (Å²) < 4.78 is 26.9. The van der Waals surface area contributed by atoms with Crippen molar-refractivity contribution in [1.82, 2.24) is 0 Å². The van der Waals surface area contributed by atoms with Crippen molar-refractivity contribution < 1.29 is 13.9 Å². The summed E-state index contributed by atoms with van der Waals surface area (Å²) in [5, 5.41) is 10.3. The van der Waals surface area contributed by atoms with Gasteiger partial charge < -0.3 is 5.11 Å². The summed E-state index contributed by atoms with van der Waals surface area (Å²) in [6, 6.07) is 11.9. The van der Waals surface area contributed by atoms with Crippen molar-refractivity contribution in [2.75, 3.05) is 0 Å². The summed E-state index contributed by atoms with van der Waals surface area (Å²) >= 11 is 0. The fourth-order valence-corrected chi connectivity index (χ4v) is 2.82. The second-order valence-electron chi connectivity index (χ2n) is 5.02. The van der Waals surface area contributed by atoms with E-state index in [-0.39, 0.29) is 11.5 Å². The van der Waals surface area contributed by atoms with E-state index in [1.807, 2.05) is 24.3 Å². The van der Waals surface area contributed by atoms with E-state index >= 15 is 0 Å². The molecule has 1 N–H and O–H groups in total. The largest absolute Gasteiger partial charge is 0.388 e. The zero-order valence-corrected chi connectivity index (χ0v) is 10.3. The number of hydrogen-bond donors (Lipinski definition) is 1. The molecule has 98 valence electrons. The van der Waals surface area contributed by atoms with Gasteiger partial charge in [0.1, 0.15) is 0 Å². The van der Waals surface area contributed by atoms with Gasteiger partial charge in [-0.2, -0.15) is 0 Å². The summed E-state index contributed by atoms with van der Waals surface area (Å²) in [6.07, 6.45) is 0.434. The molecule has 0 bridgehead atoms. The van der Waals surface area contributed by atoms with Crippen LogP contribution in [0.3, 0.4) is 0 Å². The Morgan fingerprint density at radius 3 is 2.21 bits per heavy atom. The molecule has 1 aliphatic carbocycles. The molecule has 1 nitrogen and oxygen atoms in total. The SMILES string of the molecule is OC(c1cccc(F)c1F)C1Cc2ccccc2C1. The van der Waals surface area contributed by atoms with Crippen molar-refractivity contribution in [2.24, 2.45) is 5.92 Å². The number of benzene rings is 2. The lowest BCUT2D eigenvalue weighted by Gasteiger charge is -2.18. The van der Waals surface area contributed by atoms with Crippen LogP contribution in [0.25, 0.3) is 0 Å². The van der Waals surface area contributed by atoms with E-state index in [9.17, 15) is 13.9 Å². The molecule has 0 saturated heterocycles. The lowest BCUT2D eigenvalue weighted by atomic mass is 9.93. The average molecular weight is 260 g/mol. The third-order valence-corrected chi connectivity index (χ3v) is 3.83. The van der Waals surface area contributed by atoms with Gasteiger partial charge in [-0.25, -0.2) is 8.78 Å². The zero-order valence-electron chi connectivity index (χ0n) is 10.3. The first-order valence-corrected chi connectivity index (χ1v) is 6.35. The first kappa shape index (κ1) is 12.3. The van der Waals surface area contributed by atoms with E-state index in [0.29, 0.717) is 12.8 Å². The minimum absolute atomic E-state index is 0.0535. The number of hydrogen-bond acceptors (Lipinski definition) is 1. The number of aliphatic hydroxyl groups excluding tert-OH is 1. The molecule has 3 rings (SSSR count). The lowest BCUT2D eigenvalue weighted by molar-refractivity contribution is 0.109. The van der Waals surface area contributed by atoms with Gasteiger partial charge in [-0.15, -0.1) is 0 Å². The number of fused-ring (bicyclic) bond motifs is 1. The fraction of sp³-hybridized carbons (Fsp3) is 0.250. The van der Waals surface area contributed by atoms with Gasteiger partial charge >= 0.3 is 0 Å². The predicted octanol–water partition coefficient (Wildman–Crippen LogP) is 3.41. The molecular weight excluding hydrogens is 246 g/mol. The Balaban J connectivity index is 1.87. The second-order valence-corrected chi connectivity index (χ2v) is 5.02. The molecule has 1 aliphatic rings. The molecule has 0 heterocycles. The first-order chi connectivity index (χ1) is 9.16. The van der Waals surface area contributed by atoms with Crippen LogP contribution in [-0.2, 0) is 12.8 Å². The van der Waals surface area contributed by atoms with Crippen molar-refractivity contribution in [3.8, 4) is 0 Å². The van der Waals surface area contributed by atoms with Crippen LogP contribution in [0.1, 0.15) is 22.8 Å². The maximum atomic E-state index is 13.7. The summed E-state index contributed by atoms with van der Waals surface area (Å²) in [4.78, 5) is 0. The summed E-state index contributed by atoms with van der Waals surface area (Å²) in [5.74, 6) is -1.94. The molecule has 2 aromatic rings. The van der Waals surface area contributed by atoms with Crippen LogP contribution in [0.2, 0.25) is 0 Å². The molecule has 0 radical (unpaired) electrons. The highest BCUT2D eigenvalue weighted by Crippen LogP contribution is 2.36. The Labute approximate surface area is 110 Å². The van der Waals surface area contributed by atoms with Gasteiger partial charge in [-0.05, 0) is 36.0 Å². The van der Waals surface area contributed by atoms with E-state index in [2.05, 4.69) is 0 Å². The van der Waals surface area contributed by atoms with Crippen LogP contribution >= 0.6 is 0 Å². The molecular formula is C16H14F2O. The molecule has 0 aliphatic heterocycles. The quantitative estimate of drug-likeness (QED) is 0.877. The smallest absolute Gasteiger partial charge is 0.164 e. The molecule has 0 fully saturated rings. The van der Waals surface area contributed by atoms with Gasteiger partial charge in [0, 0.05) is 5.56 Å². The Hall–Kier alpha value is -1.74. The third kappa shape index (κ3) is 2.15. The Kier molecular flexibility index (Phi) is 3.07. The Bertz CT molecular complexity index is 584. The Morgan fingerprint density at radius 1 is 0.947 bits per heavy atom. The van der Waals surface area contributed by atoms with E-state index in [1.165, 1.54) is 23.3 Å². The van der Waals surface area contributed by atoms with E-state index in [0.717, 1.165) is 6.07 Å². The number of halogens is 2. The second kappa shape index (κ2) is 4.74. The molecule has 2 aromatic carbocycles. The van der Waals surface area contributed by atoms with Gasteiger partial charge in [-0.3, -0.25) is 0 Å². The Morgan fingerprint density at radius 2 is 1.58 bits per heavy atom. The highest BCUT2D eigenvalue weighted by molar-refractivity contribution is 5.34. The molecule has 0 aromatic heterocycles. The normalized spacial score (nSPS) is 16.4. The van der Waals surface area contributed by atoms with Crippen molar-refractivity contribution in [2.45, 2.75) is 18.9 Å². The maximum Gasteiger partial charge on any atom is 0.164 e. The van der Waals surface area contributed by atoms with Crippen molar-refractivity contribution in [3.63, 3.8) is 0 Å². The third-order valence-electron chi connectivity index (χ3n) is 3.83. The van der Waals surface area contributed by atoms with Gasteiger partial charge in [0.25, 0.3) is 0 Å². The average Bonchev–Trinajstić information content (AvgIpc) is 2.85. The minimum Gasteiger partial charge on any atom is -0.388 e. The maximum absolute atomic E-state index is 13.7. The van der Waals surface area contributed by atoms with Crippen LogP contribution in [0.15, 0.2) is 42.5 Å². The van der Waals surface area contributed by atoms with E-state index < -0.39 is 17.7 Å². The number of rotatable bonds is 2. The molecule has 0 saturated carbocycles. The van der Waals surface area contributed by atoms with Gasteiger partial charge in [0.2, 0.25) is 0 Å². The molecule has 1 atom stereocenters. The van der Waals surface area contributed by atoms with Crippen LogP contribution in [0.5, 0.6) is 0 Å². The summed E-state index contributed by atoms with van der Waals surface area (Å²) in [7, 11) is 0. The van der Waals surface area contributed by atoms with Crippen LogP contribution in [-0.4, -0.2) is 5.11 Å². The van der Waals surface area contributed by atoms with Crippen LogP contribution in [0.4, 0.5) is 8.78 Å². The van der Waals surface area contributed by atoms with E-state index in [4.69, 9.17) is 0 Å². The van der Waals surface area contributed by atoms with Crippen molar-refractivity contribution in [1.29, 1.82) is 0 Å². The molecule has 19 heavy (non-hydrogen) atoms. The van der Waals surface area contributed by atoms with Crippen LogP contribution < -0.4 is 0 Å². The van der Waals surface area contributed by atoms with Gasteiger partial charge in [0.15, 0.2) is 11.6 Å². The summed E-state index contributed by atoms with van der Waals surface area (Å²) in [6.45, 7) is 0. The molecule has 3 heteroatoms. The van der Waals surface area contributed by atoms with E-state index in [1.54, 1.807) is 0 Å². The van der Waals surface area contributed by atoms with Crippen molar-refractivity contribution >= 4 is 0 Å². The monoisotopic (exact) mass is 260 g/mol. The topological polar surface area (TPSA) is 20.2 Å². The standard InChI is InChI=1S/C16H14F2O/c17-14-7-3-6-13(15(14)18)16(19)12-8-10-4-1-2-5-11(10)9-12/h1-7,12,16,19H,8-9H2. The predicted molar refractivity (Wildman–Crippen MR) is 68.7 cm³/mol. The zero-order chi connectivity index (χ0) is 13.4. The van der Waals surface area contributed by atoms with Gasteiger partial charge in [-0.1, -0.05) is 36.4 Å². The molecule has 0 spiro atoms. The fourth-order valence-electron chi connectivity index (χ4n) is 2.82. The van der Waals surface area contributed by atoms with Crippen molar-refractivity contribution in [3.05, 3.63) is 70.8 Å². The highest BCUT2D eigenvalue weighted by atomic mass is 19.2. The molecule has 1 unspecified atom stereocenters. The molecule has 0 amide bonds.